The van der Waals surface area contributed by atoms with Crippen molar-refractivity contribution < 1.29 is 19.4 Å². The highest BCUT2D eigenvalue weighted by molar-refractivity contribution is 7.99. The summed E-state index contributed by atoms with van der Waals surface area (Å²) < 4.78 is 11.0. The Labute approximate surface area is 240 Å². The summed E-state index contributed by atoms with van der Waals surface area (Å²) in [6, 6.07) is 32.4. The minimum absolute atomic E-state index is 0.405. The smallest absolute Gasteiger partial charge is 0.344 e. The number of carboxylic acid groups (broad SMARTS) is 1. The van der Waals surface area contributed by atoms with Crippen molar-refractivity contribution in [2.75, 3.05) is 12.9 Å². The summed E-state index contributed by atoms with van der Waals surface area (Å²) in [6.45, 7) is 3.73. The van der Waals surface area contributed by atoms with Crippen LogP contribution in [-0.2, 0) is 4.79 Å². The van der Waals surface area contributed by atoms with Crippen LogP contribution in [0.5, 0.6) is 11.5 Å². The highest BCUT2D eigenvalue weighted by Crippen LogP contribution is 2.28. The molecule has 0 aliphatic carbocycles. The Morgan fingerprint density at radius 1 is 0.950 bits per heavy atom. The van der Waals surface area contributed by atoms with Crippen LogP contribution in [0.15, 0.2) is 108 Å². The molecule has 0 aliphatic rings. The summed E-state index contributed by atoms with van der Waals surface area (Å²) in [5, 5.41) is 9.30. The number of benzene rings is 4. The maximum Gasteiger partial charge on any atom is 0.344 e. The molecule has 0 radical (unpaired) electrons. The number of carboxylic acids is 1. The molecule has 1 N–H and O–H groups in total. The van der Waals surface area contributed by atoms with E-state index in [-0.39, 0.29) is 0 Å². The Balaban J connectivity index is 1.54. The van der Waals surface area contributed by atoms with Crippen molar-refractivity contribution in [2.45, 2.75) is 31.3 Å². The van der Waals surface area contributed by atoms with Gasteiger partial charge >= 0.3 is 5.97 Å². The summed E-state index contributed by atoms with van der Waals surface area (Å²) in [5.41, 5.74) is 6.17. The minimum atomic E-state index is -0.953. The molecule has 0 saturated heterocycles. The van der Waals surface area contributed by atoms with Gasteiger partial charge in [0.25, 0.3) is 0 Å². The first-order valence-corrected chi connectivity index (χ1v) is 14.1. The van der Waals surface area contributed by atoms with Gasteiger partial charge in [-0.1, -0.05) is 79.4 Å². The highest BCUT2D eigenvalue weighted by Gasteiger charge is 2.17. The molecule has 4 aromatic rings. The Morgan fingerprint density at radius 2 is 1.65 bits per heavy atom. The van der Waals surface area contributed by atoms with Gasteiger partial charge < -0.3 is 14.6 Å². The van der Waals surface area contributed by atoms with Crippen molar-refractivity contribution in [3.63, 3.8) is 0 Å². The van der Waals surface area contributed by atoms with E-state index in [9.17, 15) is 9.90 Å². The standard InChI is InChI=1S/C35H32O4S/c1-4-33(35(36)37)39-34-21-20-32(24-25(34)2)40-23-22-30(13-10-26-11-18-31(38-3)19-12-26)29-16-14-28(15-17-29)27-8-6-5-7-9-27/h5-9,11-12,14-22,24,33H,4,23H2,1-3H3,(H,36,37). The van der Waals surface area contributed by atoms with Gasteiger partial charge in [0.05, 0.1) is 7.11 Å². The minimum Gasteiger partial charge on any atom is -0.497 e. The van der Waals surface area contributed by atoms with Gasteiger partial charge in [-0.25, -0.2) is 4.79 Å². The van der Waals surface area contributed by atoms with Gasteiger partial charge in [-0.05, 0) is 78.1 Å². The fourth-order valence-electron chi connectivity index (χ4n) is 4.05. The van der Waals surface area contributed by atoms with E-state index in [1.165, 1.54) is 5.56 Å². The van der Waals surface area contributed by atoms with Crippen LogP contribution >= 0.6 is 11.8 Å². The largest absolute Gasteiger partial charge is 0.497 e. The zero-order chi connectivity index (χ0) is 28.3. The number of carbonyl (C=O) groups is 1. The number of hydrogen-bond donors (Lipinski definition) is 1. The van der Waals surface area contributed by atoms with E-state index in [0.717, 1.165) is 44.2 Å². The third kappa shape index (κ3) is 7.81. The number of thioether (sulfide) groups is 1. The Kier molecular flexibility index (Phi) is 10.1. The van der Waals surface area contributed by atoms with Crippen LogP contribution in [0.4, 0.5) is 0 Å². The van der Waals surface area contributed by atoms with Crippen LogP contribution in [-0.4, -0.2) is 30.0 Å². The Hall–Kier alpha value is -4.40. The second kappa shape index (κ2) is 14.1. The molecule has 202 valence electrons. The zero-order valence-electron chi connectivity index (χ0n) is 22.9. The number of hydrogen-bond acceptors (Lipinski definition) is 4. The molecule has 0 spiro atoms. The maximum absolute atomic E-state index is 11.3. The molecule has 0 heterocycles. The summed E-state index contributed by atoms with van der Waals surface area (Å²) in [5.74, 6) is 7.83. The quantitative estimate of drug-likeness (QED) is 0.160. The molecule has 0 fully saturated rings. The van der Waals surface area contributed by atoms with E-state index < -0.39 is 12.1 Å². The van der Waals surface area contributed by atoms with Crippen molar-refractivity contribution in [2.24, 2.45) is 0 Å². The second-order valence-electron chi connectivity index (χ2n) is 9.13. The Morgan fingerprint density at radius 3 is 2.27 bits per heavy atom. The predicted octanol–water partition coefficient (Wildman–Crippen LogP) is 8.14. The van der Waals surface area contributed by atoms with Crippen LogP contribution in [0.25, 0.3) is 16.7 Å². The maximum atomic E-state index is 11.3. The predicted molar refractivity (Wildman–Crippen MR) is 164 cm³/mol. The summed E-state index contributed by atoms with van der Waals surface area (Å²) in [4.78, 5) is 12.4. The van der Waals surface area contributed by atoms with E-state index in [1.807, 2.05) is 67.6 Å². The molecular formula is C35H32O4S. The van der Waals surface area contributed by atoms with Crippen molar-refractivity contribution in [3.05, 3.63) is 120 Å². The first-order valence-electron chi connectivity index (χ1n) is 13.1. The van der Waals surface area contributed by atoms with Gasteiger partial charge in [-0.2, -0.15) is 0 Å². The lowest BCUT2D eigenvalue weighted by Gasteiger charge is -2.15. The number of aliphatic carboxylic acids is 1. The summed E-state index contributed by atoms with van der Waals surface area (Å²) >= 11 is 1.69. The molecule has 0 bridgehead atoms. The number of methoxy groups -OCH3 is 1. The third-order valence-corrected chi connectivity index (χ3v) is 7.25. The SMILES string of the molecule is CCC(Oc1ccc(SCC=C(C#Cc2ccc(OC)cc2)c2ccc(-c3ccccc3)cc2)cc1C)C(=O)O. The summed E-state index contributed by atoms with van der Waals surface area (Å²) in [6.07, 6.45) is 1.71. The zero-order valence-corrected chi connectivity index (χ0v) is 23.7. The molecule has 0 aliphatic heterocycles. The lowest BCUT2D eigenvalue weighted by Crippen LogP contribution is -2.26. The second-order valence-corrected chi connectivity index (χ2v) is 10.2. The summed E-state index contributed by atoms with van der Waals surface area (Å²) in [7, 11) is 1.65. The van der Waals surface area contributed by atoms with Crippen molar-refractivity contribution in [1.29, 1.82) is 0 Å². The molecule has 5 heteroatoms. The van der Waals surface area contributed by atoms with Gasteiger partial charge in [0.15, 0.2) is 6.10 Å². The van der Waals surface area contributed by atoms with E-state index in [2.05, 4.69) is 54.3 Å². The van der Waals surface area contributed by atoms with Gasteiger partial charge in [-0.3, -0.25) is 0 Å². The van der Waals surface area contributed by atoms with Crippen molar-refractivity contribution >= 4 is 23.3 Å². The lowest BCUT2D eigenvalue weighted by molar-refractivity contribution is -0.145. The molecule has 4 aromatic carbocycles. The molecule has 0 amide bonds. The fourth-order valence-corrected chi connectivity index (χ4v) is 4.92. The molecular weight excluding hydrogens is 516 g/mol. The average molecular weight is 549 g/mol. The van der Waals surface area contributed by atoms with Crippen LogP contribution in [0, 0.1) is 18.8 Å². The van der Waals surface area contributed by atoms with Crippen LogP contribution in [0.2, 0.25) is 0 Å². The number of rotatable bonds is 10. The number of allylic oxidation sites excluding steroid dienone is 1. The molecule has 0 aromatic heterocycles. The monoisotopic (exact) mass is 548 g/mol. The van der Waals surface area contributed by atoms with Gasteiger partial charge in [0.2, 0.25) is 0 Å². The molecule has 1 unspecified atom stereocenters. The van der Waals surface area contributed by atoms with Crippen LogP contribution in [0.3, 0.4) is 0 Å². The average Bonchev–Trinajstić information content (AvgIpc) is 2.99. The highest BCUT2D eigenvalue weighted by atomic mass is 32.2. The lowest BCUT2D eigenvalue weighted by atomic mass is 10.0. The van der Waals surface area contributed by atoms with Crippen LogP contribution in [0.1, 0.15) is 30.0 Å². The van der Waals surface area contributed by atoms with E-state index >= 15 is 0 Å². The van der Waals surface area contributed by atoms with Gasteiger partial charge in [0, 0.05) is 21.8 Å². The molecule has 4 nitrogen and oxygen atoms in total. The van der Waals surface area contributed by atoms with Gasteiger partial charge in [-0.15, -0.1) is 11.8 Å². The molecule has 40 heavy (non-hydrogen) atoms. The fraction of sp³-hybridized carbons (Fsp3) is 0.171. The number of ether oxygens (including phenoxy) is 2. The molecule has 0 saturated carbocycles. The van der Waals surface area contributed by atoms with Crippen LogP contribution < -0.4 is 9.47 Å². The first kappa shape index (κ1) is 28.6. The Bertz CT molecular complexity index is 1510. The van der Waals surface area contributed by atoms with E-state index in [4.69, 9.17) is 9.47 Å². The molecule has 1 atom stereocenters. The molecule has 4 rings (SSSR count). The third-order valence-electron chi connectivity index (χ3n) is 6.33. The van der Waals surface area contributed by atoms with Crippen molar-refractivity contribution in [3.8, 4) is 34.5 Å². The van der Waals surface area contributed by atoms with Crippen molar-refractivity contribution in [1.82, 2.24) is 0 Å². The van der Waals surface area contributed by atoms with E-state index in [0.29, 0.717) is 12.2 Å². The van der Waals surface area contributed by atoms with E-state index in [1.54, 1.807) is 25.8 Å². The first-order chi connectivity index (χ1) is 19.5. The van der Waals surface area contributed by atoms with Gasteiger partial charge in [0.1, 0.15) is 11.5 Å². The number of aryl methyl sites for hydroxylation is 1. The normalized spacial score (nSPS) is 11.7. The topological polar surface area (TPSA) is 55.8 Å².